The highest BCUT2D eigenvalue weighted by atomic mass is 16.5. The minimum Gasteiger partial charge on any atom is -0.497 e. The topological polar surface area (TPSA) is 68.2 Å². The van der Waals surface area contributed by atoms with Crippen molar-refractivity contribution in [3.05, 3.63) is 107 Å². The number of esters is 1. The number of hydrazone groups is 1. The molecule has 0 saturated heterocycles. The van der Waals surface area contributed by atoms with Gasteiger partial charge in [-0.25, -0.2) is 5.01 Å². The third kappa shape index (κ3) is 5.64. The number of benzene rings is 3. The average molecular weight is 495 g/mol. The van der Waals surface area contributed by atoms with Crippen LogP contribution in [0, 0.1) is 5.92 Å². The monoisotopic (exact) mass is 494 g/mol. The maximum Gasteiger partial charge on any atom is 0.310 e. The molecule has 0 aromatic heterocycles. The van der Waals surface area contributed by atoms with E-state index in [9.17, 15) is 9.59 Å². The lowest BCUT2D eigenvalue weighted by Gasteiger charge is -2.29. The van der Waals surface area contributed by atoms with Crippen molar-refractivity contribution >= 4 is 23.7 Å². The second kappa shape index (κ2) is 11.2. The smallest absolute Gasteiger partial charge is 0.310 e. The molecule has 1 aliphatic carbocycles. The van der Waals surface area contributed by atoms with Gasteiger partial charge in [0, 0.05) is 5.92 Å². The minimum absolute atomic E-state index is 0.0632. The second-order valence-electron chi connectivity index (χ2n) is 9.35. The average Bonchev–Trinajstić information content (AvgIpc) is 3.34. The van der Waals surface area contributed by atoms with Crippen LogP contribution < -0.4 is 4.74 Å². The van der Waals surface area contributed by atoms with E-state index in [1.807, 2.05) is 66.7 Å². The number of fused-ring (bicyclic) bond motifs is 1. The van der Waals surface area contributed by atoms with Crippen molar-refractivity contribution in [1.29, 1.82) is 0 Å². The summed E-state index contributed by atoms with van der Waals surface area (Å²) in [5.41, 5.74) is 5.03. The molecule has 0 N–H and O–H groups in total. The first-order valence-corrected chi connectivity index (χ1v) is 12.6. The Balaban J connectivity index is 1.35. The summed E-state index contributed by atoms with van der Waals surface area (Å²) in [6.45, 7) is -0.354. The Bertz CT molecular complexity index is 1320. The molecule has 3 aromatic carbocycles. The van der Waals surface area contributed by atoms with Crippen LogP contribution in [-0.4, -0.2) is 36.3 Å². The van der Waals surface area contributed by atoms with Gasteiger partial charge in [0.15, 0.2) is 6.61 Å². The molecule has 1 amide bonds. The molecule has 1 aliphatic heterocycles. The normalized spacial score (nSPS) is 19.8. The Kier molecular flexibility index (Phi) is 7.45. The fourth-order valence-electron chi connectivity index (χ4n) is 5.15. The van der Waals surface area contributed by atoms with Gasteiger partial charge in [0.1, 0.15) is 5.75 Å². The number of rotatable bonds is 7. The zero-order valence-corrected chi connectivity index (χ0v) is 20.9. The summed E-state index contributed by atoms with van der Waals surface area (Å²) in [5.74, 6) is -0.0231. The van der Waals surface area contributed by atoms with Crippen LogP contribution in [-0.2, 0) is 20.7 Å². The predicted octanol–water partition coefficient (Wildman–Crippen LogP) is 5.60. The maximum atomic E-state index is 13.4. The summed E-state index contributed by atoms with van der Waals surface area (Å²) in [5, 5.41) is 6.39. The molecule has 2 aliphatic rings. The molecule has 6 heteroatoms. The molecule has 1 heterocycles. The van der Waals surface area contributed by atoms with Crippen molar-refractivity contribution in [3.63, 3.8) is 0 Å². The first-order chi connectivity index (χ1) is 18.1. The number of hydrogen-bond donors (Lipinski definition) is 0. The summed E-state index contributed by atoms with van der Waals surface area (Å²) in [4.78, 5) is 25.9. The van der Waals surface area contributed by atoms with Crippen molar-refractivity contribution in [3.8, 4) is 5.75 Å². The summed E-state index contributed by atoms with van der Waals surface area (Å²) in [6, 6.07) is 27.2. The number of ether oxygens (including phenoxy) is 2. The highest BCUT2D eigenvalue weighted by Gasteiger charge is 2.43. The zero-order chi connectivity index (χ0) is 25.6. The predicted molar refractivity (Wildman–Crippen MR) is 143 cm³/mol. The van der Waals surface area contributed by atoms with Gasteiger partial charge in [0.05, 0.1) is 25.3 Å². The Morgan fingerprint density at radius 2 is 1.76 bits per heavy atom. The van der Waals surface area contributed by atoms with Gasteiger partial charge >= 0.3 is 5.97 Å². The molecule has 0 radical (unpaired) electrons. The quantitative estimate of drug-likeness (QED) is 0.401. The Hall–Kier alpha value is -4.19. The molecule has 0 unspecified atom stereocenters. The van der Waals surface area contributed by atoms with E-state index in [4.69, 9.17) is 14.6 Å². The SMILES string of the molecule is COc1cccc(CC(=O)OCC(=O)N2N=C3/C(=C\c4ccccc4)CCC[C@@H]3[C@@H]2c2ccccc2)c1. The van der Waals surface area contributed by atoms with Gasteiger partial charge in [-0.05, 0) is 59.7 Å². The van der Waals surface area contributed by atoms with E-state index >= 15 is 0 Å². The van der Waals surface area contributed by atoms with Crippen LogP contribution in [0.3, 0.4) is 0 Å². The van der Waals surface area contributed by atoms with Gasteiger partial charge in [0.2, 0.25) is 0 Å². The van der Waals surface area contributed by atoms with E-state index < -0.39 is 5.97 Å². The second-order valence-corrected chi connectivity index (χ2v) is 9.35. The van der Waals surface area contributed by atoms with Crippen molar-refractivity contribution in [2.24, 2.45) is 11.0 Å². The molecule has 0 bridgehead atoms. The number of carbonyl (C=O) groups excluding carboxylic acids is 2. The molecule has 1 fully saturated rings. The highest BCUT2D eigenvalue weighted by molar-refractivity contribution is 6.08. The van der Waals surface area contributed by atoms with Crippen LogP contribution in [0.15, 0.2) is 95.6 Å². The van der Waals surface area contributed by atoms with Gasteiger partial charge in [-0.2, -0.15) is 5.10 Å². The highest BCUT2D eigenvalue weighted by Crippen LogP contribution is 2.44. The lowest BCUT2D eigenvalue weighted by Crippen LogP contribution is -2.34. The molecule has 6 nitrogen and oxygen atoms in total. The summed E-state index contributed by atoms with van der Waals surface area (Å²) in [6.07, 6.45) is 5.14. The number of carbonyl (C=O) groups is 2. The minimum atomic E-state index is -0.466. The Morgan fingerprint density at radius 3 is 2.51 bits per heavy atom. The molecule has 1 saturated carbocycles. The number of allylic oxidation sites excluding steroid dienone is 1. The van der Waals surface area contributed by atoms with Gasteiger partial charge in [-0.15, -0.1) is 0 Å². The lowest BCUT2D eigenvalue weighted by molar-refractivity contribution is -0.152. The fraction of sp³-hybridized carbons (Fsp3) is 0.258. The first kappa shape index (κ1) is 24.5. The first-order valence-electron chi connectivity index (χ1n) is 12.6. The van der Waals surface area contributed by atoms with Crippen molar-refractivity contribution in [1.82, 2.24) is 5.01 Å². The standard InChI is InChI=1S/C31H30N2O4/c1-36-26-16-8-12-23(19-26)20-29(35)37-21-28(34)33-31(24-13-6-3-7-14-24)27-17-9-15-25(30(27)32-33)18-22-10-4-2-5-11-22/h2-8,10-14,16,18-19,27,31H,9,15,17,20-21H2,1H3/b25-18-/t27-,31-/m0/s1. The molecule has 3 aromatic rings. The van der Waals surface area contributed by atoms with Gasteiger partial charge in [-0.3, -0.25) is 9.59 Å². The van der Waals surface area contributed by atoms with Crippen molar-refractivity contribution in [2.75, 3.05) is 13.7 Å². The van der Waals surface area contributed by atoms with E-state index in [0.717, 1.165) is 47.2 Å². The fourth-order valence-corrected chi connectivity index (χ4v) is 5.15. The molecule has 2 atom stereocenters. The number of nitrogens with zero attached hydrogens (tertiary/aromatic N) is 2. The summed E-state index contributed by atoms with van der Waals surface area (Å²) < 4.78 is 10.6. The molecule has 188 valence electrons. The van der Waals surface area contributed by atoms with Gasteiger partial charge in [0.25, 0.3) is 5.91 Å². The summed E-state index contributed by atoms with van der Waals surface area (Å²) in [7, 11) is 1.58. The van der Waals surface area contributed by atoms with Gasteiger partial charge < -0.3 is 9.47 Å². The Labute approximate surface area is 217 Å². The number of amides is 1. The van der Waals surface area contributed by atoms with Crippen LogP contribution in [0.1, 0.15) is 42.0 Å². The summed E-state index contributed by atoms with van der Waals surface area (Å²) >= 11 is 0. The van der Waals surface area contributed by atoms with Crippen LogP contribution >= 0.6 is 0 Å². The molecular formula is C31H30N2O4. The van der Waals surface area contributed by atoms with Crippen molar-refractivity contribution in [2.45, 2.75) is 31.7 Å². The van der Waals surface area contributed by atoms with E-state index in [2.05, 4.69) is 18.2 Å². The molecule has 5 rings (SSSR count). The molecular weight excluding hydrogens is 464 g/mol. The molecule has 0 spiro atoms. The lowest BCUT2D eigenvalue weighted by atomic mass is 9.77. The number of hydrogen-bond acceptors (Lipinski definition) is 5. The third-order valence-corrected chi connectivity index (χ3v) is 6.88. The number of methoxy groups -OCH3 is 1. The van der Waals surface area contributed by atoms with Gasteiger partial charge in [-0.1, -0.05) is 72.8 Å². The van der Waals surface area contributed by atoms with Crippen LogP contribution in [0.2, 0.25) is 0 Å². The zero-order valence-electron chi connectivity index (χ0n) is 20.9. The largest absolute Gasteiger partial charge is 0.497 e. The van der Waals surface area contributed by atoms with Crippen LogP contribution in [0.25, 0.3) is 6.08 Å². The van der Waals surface area contributed by atoms with E-state index in [-0.39, 0.29) is 30.9 Å². The van der Waals surface area contributed by atoms with Crippen LogP contribution in [0.4, 0.5) is 0 Å². The van der Waals surface area contributed by atoms with E-state index in [0.29, 0.717) is 5.75 Å². The van der Waals surface area contributed by atoms with E-state index in [1.165, 1.54) is 5.01 Å². The third-order valence-electron chi connectivity index (χ3n) is 6.88. The van der Waals surface area contributed by atoms with Crippen molar-refractivity contribution < 1.29 is 19.1 Å². The van der Waals surface area contributed by atoms with Crippen LogP contribution in [0.5, 0.6) is 5.75 Å². The van der Waals surface area contributed by atoms with E-state index in [1.54, 1.807) is 13.2 Å². The Morgan fingerprint density at radius 1 is 1.00 bits per heavy atom. The maximum absolute atomic E-state index is 13.4. The molecule has 37 heavy (non-hydrogen) atoms.